The Morgan fingerprint density at radius 1 is 1.39 bits per heavy atom. The maximum atomic E-state index is 13.1. The molecule has 1 heterocycles. The average molecular weight is 336 g/mol. The molecule has 2 aromatic rings. The molecule has 1 unspecified atom stereocenters. The molecule has 1 aromatic heterocycles. The molecule has 6 heteroatoms. The summed E-state index contributed by atoms with van der Waals surface area (Å²) in [5.41, 5.74) is 6.70. The zero-order valence-electron chi connectivity index (χ0n) is 12.9. The lowest BCUT2D eigenvalue weighted by molar-refractivity contribution is -0.120. The third-order valence-electron chi connectivity index (χ3n) is 3.59. The van der Waals surface area contributed by atoms with Crippen molar-refractivity contribution in [1.29, 1.82) is 0 Å². The standard InChI is InChI=1S/C17H19ClFN3O/c1-2-11(8-9-20)17(23)22-16-5-3-4-15(21-16)13-7-6-12(19)10-14(13)18/h3-7,10-11H,2,8-9,20H2,1H3,(H,21,22,23). The molecule has 0 spiro atoms. The number of rotatable bonds is 6. The highest BCUT2D eigenvalue weighted by Crippen LogP contribution is 2.28. The number of anilines is 1. The van der Waals surface area contributed by atoms with Crippen LogP contribution in [0.2, 0.25) is 5.02 Å². The Bertz CT molecular complexity index is 693. The summed E-state index contributed by atoms with van der Waals surface area (Å²) in [6.07, 6.45) is 1.35. The lowest BCUT2D eigenvalue weighted by Crippen LogP contribution is -2.25. The Balaban J connectivity index is 2.21. The first kappa shape index (κ1) is 17.4. The van der Waals surface area contributed by atoms with Crippen LogP contribution in [0.25, 0.3) is 11.3 Å². The van der Waals surface area contributed by atoms with Gasteiger partial charge in [0.1, 0.15) is 11.6 Å². The van der Waals surface area contributed by atoms with Crippen LogP contribution in [-0.4, -0.2) is 17.4 Å². The number of benzene rings is 1. The topological polar surface area (TPSA) is 68.0 Å². The SMILES string of the molecule is CCC(CCN)C(=O)Nc1cccc(-c2ccc(F)cc2Cl)n1. The highest BCUT2D eigenvalue weighted by atomic mass is 35.5. The van der Waals surface area contributed by atoms with E-state index in [0.29, 0.717) is 36.5 Å². The Morgan fingerprint density at radius 2 is 2.17 bits per heavy atom. The van der Waals surface area contributed by atoms with Crippen LogP contribution in [0.1, 0.15) is 19.8 Å². The quantitative estimate of drug-likeness (QED) is 0.842. The molecular weight excluding hydrogens is 317 g/mol. The molecule has 1 amide bonds. The van der Waals surface area contributed by atoms with E-state index >= 15 is 0 Å². The molecule has 0 fully saturated rings. The van der Waals surface area contributed by atoms with Gasteiger partial charge in [0.25, 0.3) is 0 Å². The van der Waals surface area contributed by atoms with E-state index in [-0.39, 0.29) is 16.8 Å². The van der Waals surface area contributed by atoms with Crippen molar-refractivity contribution < 1.29 is 9.18 Å². The highest BCUT2D eigenvalue weighted by molar-refractivity contribution is 6.33. The minimum Gasteiger partial charge on any atom is -0.330 e. The van der Waals surface area contributed by atoms with Gasteiger partial charge in [-0.05, 0) is 49.7 Å². The highest BCUT2D eigenvalue weighted by Gasteiger charge is 2.16. The summed E-state index contributed by atoms with van der Waals surface area (Å²) in [6, 6.07) is 9.34. The van der Waals surface area contributed by atoms with Crippen LogP contribution in [0.4, 0.5) is 10.2 Å². The van der Waals surface area contributed by atoms with Crippen LogP contribution in [0.15, 0.2) is 36.4 Å². The van der Waals surface area contributed by atoms with Crippen molar-refractivity contribution in [3.05, 3.63) is 47.2 Å². The number of nitrogens with zero attached hydrogens (tertiary/aromatic N) is 1. The van der Waals surface area contributed by atoms with E-state index in [2.05, 4.69) is 10.3 Å². The molecule has 2 rings (SSSR count). The lowest BCUT2D eigenvalue weighted by Gasteiger charge is -2.14. The van der Waals surface area contributed by atoms with Gasteiger partial charge in [-0.15, -0.1) is 0 Å². The monoisotopic (exact) mass is 335 g/mol. The summed E-state index contributed by atoms with van der Waals surface area (Å²) in [6.45, 7) is 2.41. The number of hydrogen-bond donors (Lipinski definition) is 2. The number of carbonyl (C=O) groups excluding carboxylic acids is 1. The van der Waals surface area contributed by atoms with Crippen LogP contribution >= 0.6 is 11.6 Å². The molecule has 0 saturated carbocycles. The number of halogens is 2. The number of hydrogen-bond acceptors (Lipinski definition) is 3. The molecule has 4 nitrogen and oxygen atoms in total. The second-order valence-corrected chi connectivity index (χ2v) is 5.61. The Hall–Kier alpha value is -1.98. The van der Waals surface area contributed by atoms with Gasteiger partial charge in [-0.2, -0.15) is 0 Å². The summed E-state index contributed by atoms with van der Waals surface area (Å²) < 4.78 is 13.1. The average Bonchev–Trinajstić information content (AvgIpc) is 2.52. The maximum Gasteiger partial charge on any atom is 0.228 e. The minimum absolute atomic E-state index is 0.104. The lowest BCUT2D eigenvalue weighted by atomic mass is 10.0. The van der Waals surface area contributed by atoms with Crippen molar-refractivity contribution in [3.8, 4) is 11.3 Å². The van der Waals surface area contributed by atoms with Crippen LogP contribution < -0.4 is 11.1 Å². The van der Waals surface area contributed by atoms with Gasteiger partial charge in [0.2, 0.25) is 5.91 Å². The number of nitrogens with two attached hydrogens (primary N) is 1. The van der Waals surface area contributed by atoms with E-state index in [1.54, 1.807) is 24.3 Å². The fraction of sp³-hybridized carbons (Fsp3) is 0.294. The summed E-state index contributed by atoms with van der Waals surface area (Å²) in [5, 5.41) is 3.07. The molecule has 0 bridgehead atoms. The molecule has 0 aliphatic carbocycles. The molecule has 0 aliphatic rings. The third kappa shape index (κ3) is 4.50. The maximum absolute atomic E-state index is 13.1. The molecule has 1 aromatic carbocycles. The fourth-order valence-corrected chi connectivity index (χ4v) is 2.57. The van der Waals surface area contributed by atoms with Crippen molar-refractivity contribution in [2.75, 3.05) is 11.9 Å². The van der Waals surface area contributed by atoms with Crippen molar-refractivity contribution in [2.45, 2.75) is 19.8 Å². The molecule has 23 heavy (non-hydrogen) atoms. The Morgan fingerprint density at radius 3 is 2.83 bits per heavy atom. The summed E-state index contributed by atoms with van der Waals surface area (Å²) >= 11 is 6.06. The fourth-order valence-electron chi connectivity index (χ4n) is 2.30. The predicted molar refractivity (Wildman–Crippen MR) is 90.7 cm³/mol. The van der Waals surface area contributed by atoms with Crippen molar-refractivity contribution >= 4 is 23.3 Å². The molecule has 0 saturated heterocycles. The van der Waals surface area contributed by atoms with E-state index in [0.717, 1.165) is 0 Å². The Labute approximate surface area is 139 Å². The Kier molecular flexibility index (Phi) is 6.07. The van der Waals surface area contributed by atoms with Crippen LogP contribution in [0.3, 0.4) is 0 Å². The third-order valence-corrected chi connectivity index (χ3v) is 3.90. The van der Waals surface area contributed by atoms with Crippen molar-refractivity contribution in [2.24, 2.45) is 11.7 Å². The molecule has 0 radical (unpaired) electrons. The van der Waals surface area contributed by atoms with Gasteiger partial charge in [0, 0.05) is 11.5 Å². The largest absolute Gasteiger partial charge is 0.330 e. The van der Waals surface area contributed by atoms with Gasteiger partial charge in [0.15, 0.2) is 0 Å². The molecule has 122 valence electrons. The number of amides is 1. The minimum atomic E-state index is -0.407. The van der Waals surface area contributed by atoms with E-state index < -0.39 is 5.82 Å². The second-order valence-electron chi connectivity index (χ2n) is 5.20. The van der Waals surface area contributed by atoms with E-state index in [9.17, 15) is 9.18 Å². The normalized spacial score (nSPS) is 12.0. The van der Waals surface area contributed by atoms with Crippen LogP contribution in [0.5, 0.6) is 0 Å². The van der Waals surface area contributed by atoms with Gasteiger partial charge in [0.05, 0.1) is 10.7 Å². The number of nitrogens with one attached hydrogen (secondary N) is 1. The number of carbonyl (C=O) groups is 1. The van der Waals surface area contributed by atoms with E-state index in [1.165, 1.54) is 12.1 Å². The second kappa shape index (κ2) is 8.04. The first-order valence-electron chi connectivity index (χ1n) is 7.48. The van der Waals surface area contributed by atoms with Gasteiger partial charge in [-0.1, -0.05) is 24.6 Å². The van der Waals surface area contributed by atoms with Crippen LogP contribution in [-0.2, 0) is 4.79 Å². The molecule has 3 N–H and O–H groups in total. The summed E-state index contributed by atoms with van der Waals surface area (Å²) in [7, 11) is 0. The van der Waals surface area contributed by atoms with E-state index in [4.69, 9.17) is 17.3 Å². The van der Waals surface area contributed by atoms with Gasteiger partial charge in [-0.25, -0.2) is 9.37 Å². The van der Waals surface area contributed by atoms with Gasteiger partial charge in [-0.3, -0.25) is 4.79 Å². The molecule has 0 aliphatic heterocycles. The number of pyridine rings is 1. The number of aromatic nitrogens is 1. The van der Waals surface area contributed by atoms with E-state index in [1.807, 2.05) is 6.92 Å². The zero-order chi connectivity index (χ0) is 16.8. The van der Waals surface area contributed by atoms with Gasteiger partial charge < -0.3 is 11.1 Å². The smallest absolute Gasteiger partial charge is 0.228 e. The summed E-state index contributed by atoms with van der Waals surface area (Å²) in [5.74, 6) is -0.216. The summed E-state index contributed by atoms with van der Waals surface area (Å²) in [4.78, 5) is 16.6. The first-order chi connectivity index (χ1) is 11.0. The predicted octanol–water partition coefficient (Wildman–Crippen LogP) is 3.85. The van der Waals surface area contributed by atoms with Crippen molar-refractivity contribution in [3.63, 3.8) is 0 Å². The first-order valence-corrected chi connectivity index (χ1v) is 7.86. The van der Waals surface area contributed by atoms with Gasteiger partial charge >= 0.3 is 0 Å². The molecular formula is C17H19ClFN3O. The molecule has 1 atom stereocenters. The van der Waals surface area contributed by atoms with Crippen LogP contribution in [0, 0.1) is 11.7 Å². The zero-order valence-corrected chi connectivity index (χ0v) is 13.6. The van der Waals surface area contributed by atoms with Crippen molar-refractivity contribution in [1.82, 2.24) is 4.98 Å².